The molecule has 134 valence electrons. The highest BCUT2D eigenvalue weighted by atomic mass is 16.5. The monoisotopic (exact) mass is 334 g/mol. The number of carbonyl (C=O) groups excluding carboxylic acids is 1. The van der Waals surface area contributed by atoms with E-state index in [0.717, 1.165) is 38.5 Å². The van der Waals surface area contributed by atoms with E-state index in [1.54, 1.807) is 0 Å². The summed E-state index contributed by atoms with van der Waals surface area (Å²) >= 11 is 0. The van der Waals surface area contributed by atoms with Crippen molar-refractivity contribution in [2.24, 2.45) is 5.92 Å². The van der Waals surface area contributed by atoms with Gasteiger partial charge in [-0.3, -0.25) is 9.69 Å². The number of ether oxygens (including phenoxy) is 2. The summed E-state index contributed by atoms with van der Waals surface area (Å²) in [5.74, 6) is 1.36. The van der Waals surface area contributed by atoms with Gasteiger partial charge in [0.1, 0.15) is 5.75 Å². The van der Waals surface area contributed by atoms with Crippen molar-refractivity contribution in [3.8, 4) is 5.75 Å². The van der Waals surface area contributed by atoms with Crippen LogP contribution in [0.25, 0.3) is 0 Å². The maximum absolute atomic E-state index is 12.4. The van der Waals surface area contributed by atoms with Crippen molar-refractivity contribution in [1.82, 2.24) is 10.2 Å². The molecule has 0 bridgehead atoms. The number of benzene rings is 1. The van der Waals surface area contributed by atoms with Gasteiger partial charge < -0.3 is 14.8 Å². The lowest BCUT2D eigenvalue weighted by Crippen LogP contribution is -2.49. The molecule has 0 aliphatic carbocycles. The number of hydrogen-bond acceptors (Lipinski definition) is 4. The van der Waals surface area contributed by atoms with Crippen LogP contribution in [0.4, 0.5) is 0 Å². The molecule has 2 rings (SSSR count). The highest BCUT2D eigenvalue weighted by molar-refractivity contribution is 5.94. The molecule has 1 aromatic carbocycles. The summed E-state index contributed by atoms with van der Waals surface area (Å²) < 4.78 is 10.9. The molecule has 1 unspecified atom stereocenters. The van der Waals surface area contributed by atoms with Crippen LogP contribution in [0.15, 0.2) is 24.3 Å². The Balaban J connectivity index is 1.90. The molecule has 1 N–H and O–H groups in total. The second kappa shape index (κ2) is 9.64. The molecule has 1 saturated heterocycles. The van der Waals surface area contributed by atoms with Crippen molar-refractivity contribution in [3.63, 3.8) is 0 Å². The van der Waals surface area contributed by atoms with Gasteiger partial charge in [0.05, 0.1) is 19.8 Å². The number of morpholine rings is 1. The van der Waals surface area contributed by atoms with Crippen molar-refractivity contribution < 1.29 is 14.3 Å². The van der Waals surface area contributed by atoms with Crippen molar-refractivity contribution in [1.29, 1.82) is 0 Å². The van der Waals surface area contributed by atoms with E-state index in [0.29, 0.717) is 30.7 Å². The van der Waals surface area contributed by atoms with Crippen molar-refractivity contribution in [3.05, 3.63) is 29.8 Å². The zero-order valence-electron chi connectivity index (χ0n) is 15.1. The average molecular weight is 334 g/mol. The SMILES string of the molecule is CCOc1ccc(C(=O)NCC(CC(C)C)N2CCOCC2)cc1. The van der Waals surface area contributed by atoms with Crippen molar-refractivity contribution in [2.45, 2.75) is 33.2 Å². The molecule has 0 spiro atoms. The highest BCUT2D eigenvalue weighted by Crippen LogP contribution is 2.14. The molecule has 1 heterocycles. The smallest absolute Gasteiger partial charge is 0.251 e. The fraction of sp³-hybridized carbons (Fsp3) is 0.632. The summed E-state index contributed by atoms with van der Waals surface area (Å²) in [6.45, 7) is 11.1. The third kappa shape index (κ3) is 5.80. The van der Waals surface area contributed by atoms with E-state index >= 15 is 0 Å². The molecule has 1 fully saturated rings. The number of nitrogens with zero attached hydrogens (tertiary/aromatic N) is 1. The minimum absolute atomic E-state index is 0.0277. The molecule has 1 amide bonds. The zero-order valence-corrected chi connectivity index (χ0v) is 15.1. The Bertz CT molecular complexity index is 496. The molecule has 0 aromatic heterocycles. The van der Waals surface area contributed by atoms with E-state index < -0.39 is 0 Å². The third-order valence-electron chi connectivity index (χ3n) is 4.23. The molecule has 0 radical (unpaired) electrons. The maximum atomic E-state index is 12.4. The largest absolute Gasteiger partial charge is 0.494 e. The molecule has 1 atom stereocenters. The van der Waals surface area contributed by atoms with Gasteiger partial charge in [-0.05, 0) is 43.5 Å². The lowest BCUT2D eigenvalue weighted by molar-refractivity contribution is 0.0124. The molecule has 5 nitrogen and oxygen atoms in total. The Morgan fingerprint density at radius 1 is 1.25 bits per heavy atom. The summed E-state index contributed by atoms with van der Waals surface area (Å²) in [7, 11) is 0. The Morgan fingerprint density at radius 3 is 2.50 bits per heavy atom. The first-order valence-electron chi connectivity index (χ1n) is 8.93. The van der Waals surface area contributed by atoms with Crippen LogP contribution in [0, 0.1) is 5.92 Å². The van der Waals surface area contributed by atoms with Crippen molar-refractivity contribution >= 4 is 5.91 Å². The molecule has 1 aliphatic rings. The Kier molecular flexibility index (Phi) is 7.53. The fourth-order valence-corrected chi connectivity index (χ4v) is 3.03. The number of rotatable bonds is 8. The Labute approximate surface area is 145 Å². The van der Waals surface area contributed by atoms with Crippen LogP contribution in [0.5, 0.6) is 5.75 Å². The van der Waals surface area contributed by atoms with Crippen LogP contribution in [0.1, 0.15) is 37.6 Å². The minimum atomic E-state index is -0.0277. The first kappa shape index (κ1) is 18.7. The van der Waals surface area contributed by atoms with Gasteiger partial charge in [0.25, 0.3) is 5.91 Å². The van der Waals surface area contributed by atoms with Crippen LogP contribution >= 0.6 is 0 Å². The summed E-state index contributed by atoms with van der Waals surface area (Å²) in [5, 5.41) is 3.09. The van der Waals surface area contributed by atoms with Crippen molar-refractivity contribution in [2.75, 3.05) is 39.5 Å². The van der Waals surface area contributed by atoms with Gasteiger partial charge in [-0.1, -0.05) is 13.8 Å². The van der Waals surface area contributed by atoms with E-state index in [1.807, 2.05) is 31.2 Å². The molecular weight excluding hydrogens is 304 g/mol. The lowest BCUT2D eigenvalue weighted by atomic mass is 10.0. The minimum Gasteiger partial charge on any atom is -0.494 e. The summed E-state index contributed by atoms with van der Waals surface area (Å²) in [6.07, 6.45) is 1.07. The molecule has 0 saturated carbocycles. The van der Waals surface area contributed by atoms with Crippen LogP contribution in [0.2, 0.25) is 0 Å². The van der Waals surface area contributed by atoms with E-state index in [2.05, 4.69) is 24.1 Å². The van der Waals surface area contributed by atoms with Gasteiger partial charge in [-0.25, -0.2) is 0 Å². The Hall–Kier alpha value is -1.59. The summed E-state index contributed by atoms with van der Waals surface area (Å²) in [5.41, 5.74) is 0.670. The van der Waals surface area contributed by atoms with Gasteiger partial charge in [0.2, 0.25) is 0 Å². The zero-order chi connectivity index (χ0) is 17.4. The molecule has 24 heavy (non-hydrogen) atoms. The summed E-state index contributed by atoms with van der Waals surface area (Å²) in [4.78, 5) is 14.8. The topological polar surface area (TPSA) is 50.8 Å². The van der Waals surface area contributed by atoms with Crippen LogP contribution in [0.3, 0.4) is 0 Å². The number of hydrogen-bond donors (Lipinski definition) is 1. The maximum Gasteiger partial charge on any atom is 0.251 e. The van der Waals surface area contributed by atoms with Gasteiger partial charge in [-0.15, -0.1) is 0 Å². The van der Waals surface area contributed by atoms with Gasteiger partial charge >= 0.3 is 0 Å². The fourth-order valence-electron chi connectivity index (χ4n) is 3.03. The molecule has 1 aromatic rings. The van der Waals surface area contributed by atoms with Crippen LogP contribution < -0.4 is 10.1 Å². The lowest BCUT2D eigenvalue weighted by Gasteiger charge is -2.35. The van der Waals surface area contributed by atoms with Gasteiger partial charge in [0, 0.05) is 31.2 Å². The molecule has 1 aliphatic heterocycles. The first-order valence-corrected chi connectivity index (χ1v) is 8.93. The van der Waals surface area contributed by atoms with Crippen LogP contribution in [-0.4, -0.2) is 56.3 Å². The predicted molar refractivity (Wildman–Crippen MR) is 95.6 cm³/mol. The van der Waals surface area contributed by atoms with E-state index in [-0.39, 0.29) is 5.91 Å². The van der Waals surface area contributed by atoms with E-state index in [4.69, 9.17) is 9.47 Å². The first-order chi connectivity index (χ1) is 11.6. The van der Waals surface area contributed by atoms with Gasteiger partial charge in [-0.2, -0.15) is 0 Å². The predicted octanol–water partition coefficient (Wildman–Crippen LogP) is 2.56. The van der Waals surface area contributed by atoms with Crippen LogP contribution in [-0.2, 0) is 4.74 Å². The number of carbonyl (C=O) groups is 1. The number of amides is 1. The second-order valence-corrected chi connectivity index (χ2v) is 6.60. The van der Waals surface area contributed by atoms with E-state index in [1.165, 1.54) is 0 Å². The Morgan fingerprint density at radius 2 is 1.92 bits per heavy atom. The number of nitrogens with one attached hydrogen (secondary N) is 1. The quantitative estimate of drug-likeness (QED) is 0.794. The third-order valence-corrected chi connectivity index (χ3v) is 4.23. The second-order valence-electron chi connectivity index (χ2n) is 6.60. The standard InChI is InChI=1S/C19H30N2O3/c1-4-24-18-7-5-16(6-8-18)19(22)20-14-17(13-15(2)3)21-9-11-23-12-10-21/h5-8,15,17H,4,9-14H2,1-3H3,(H,20,22). The highest BCUT2D eigenvalue weighted by Gasteiger charge is 2.22. The molecule has 5 heteroatoms. The van der Waals surface area contributed by atoms with E-state index in [9.17, 15) is 4.79 Å². The average Bonchev–Trinajstić information content (AvgIpc) is 2.60. The van der Waals surface area contributed by atoms with Gasteiger partial charge in [0.15, 0.2) is 0 Å². The molecular formula is C19H30N2O3. The summed E-state index contributed by atoms with van der Waals surface area (Å²) in [6, 6.07) is 7.66. The normalized spacial score (nSPS) is 16.8.